The number of aromatic nitrogens is 5. The van der Waals surface area contributed by atoms with Crippen LogP contribution in [0.25, 0.3) is 22.4 Å². The van der Waals surface area contributed by atoms with Crippen molar-refractivity contribution in [3.05, 3.63) is 46.6 Å². The third-order valence-corrected chi connectivity index (χ3v) is 7.35. The van der Waals surface area contributed by atoms with Crippen molar-refractivity contribution < 1.29 is 17.7 Å². The van der Waals surface area contributed by atoms with Gasteiger partial charge in [-0.25, -0.2) is 8.42 Å². The molecule has 0 spiro atoms. The zero-order valence-corrected chi connectivity index (χ0v) is 19.4. The number of anilines is 1. The van der Waals surface area contributed by atoms with E-state index in [4.69, 9.17) is 4.52 Å². The summed E-state index contributed by atoms with van der Waals surface area (Å²) in [5.41, 5.74) is 1.20. The number of benzene rings is 2. The number of hydrogen-bond acceptors (Lipinski definition) is 8. The lowest BCUT2D eigenvalue weighted by Crippen LogP contribution is -2.30. The van der Waals surface area contributed by atoms with Gasteiger partial charge in [0.25, 0.3) is 5.91 Å². The third-order valence-electron chi connectivity index (χ3n) is 4.82. The molecule has 1 amide bonds. The normalized spacial score (nSPS) is 11.9. The van der Waals surface area contributed by atoms with Crippen molar-refractivity contribution in [2.45, 2.75) is 18.7 Å². The predicted molar refractivity (Wildman–Crippen MR) is 119 cm³/mol. The van der Waals surface area contributed by atoms with Gasteiger partial charge in [0.2, 0.25) is 15.8 Å². The van der Waals surface area contributed by atoms with Crippen molar-refractivity contribution >= 4 is 48.5 Å². The summed E-state index contributed by atoms with van der Waals surface area (Å²) in [6.45, 7) is 4.18. The van der Waals surface area contributed by atoms with E-state index in [0.717, 1.165) is 4.47 Å². The lowest BCUT2D eigenvalue weighted by atomic mass is 10.1. The van der Waals surface area contributed by atoms with Gasteiger partial charge in [0.1, 0.15) is 0 Å². The summed E-state index contributed by atoms with van der Waals surface area (Å²) in [4.78, 5) is 13.1. The van der Waals surface area contributed by atoms with Crippen molar-refractivity contribution in [2.24, 2.45) is 0 Å². The molecule has 2 heterocycles. The summed E-state index contributed by atoms with van der Waals surface area (Å²) in [5, 5.41) is 20.7. The van der Waals surface area contributed by atoms with Crippen molar-refractivity contribution in [2.75, 3.05) is 18.4 Å². The maximum Gasteiger partial charge on any atom is 0.278 e. The average molecular weight is 520 g/mol. The molecule has 2 aromatic heterocycles. The largest absolute Gasteiger partial charge is 0.355 e. The smallest absolute Gasteiger partial charge is 0.278 e. The number of nitrogens with one attached hydrogen (secondary N) is 2. The van der Waals surface area contributed by atoms with Crippen LogP contribution in [0.1, 0.15) is 24.3 Å². The Hall–Kier alpha value is -3.16. The Kier molecular flexibility index (Phi) is 6.04. The molecule has 0 saturated carbocycles. The minimum atomic E-state index is -3.71. The zero-order chi connectivity index (χ0) is 22.9. The maximum absolute atomic E-state index is 13.0. The highest BCUT2D eigenvalue weighted by Crippen LogP contribution is 2.30. The van der Waals surface area contributed by atoms with E-state index in [1.54, 1.807) is 32.0 Å². The fourth-order valence-corrected chi connectivity index (χ4v) is 5.07. The van der Waals surface area contributed by atoms with Gasteiger partial charge in [0, 0.05) is 23.1 Å². The van der Waals surface area contributed by atoms with Crippen molar-refractivity contribution in [3.8, 4) is 11.4 Å². The first-order chi connectivity index (χ1) is 15.3. The van der Waals surface area contributed by atoms with Gasteiger partial charge < -0.3 is 9.84 Å². The number of nitrogens with zero attached hydrogens (tertiary/aromatic N) is 5. The van der Waals surface area contributed by atoms with Crippen LogP contribution in [0.4, 0.5) is 5.69 Å². The van der Waals surface area contributed by atoms with Crippen LogP contribution in [0.5, 0.6) is 0 Å². The molecule has 13 heteroatoms. The van der Waals surface area contributed by atoms with Crippen LogP contribution >= 0.6 is 15.9 Å². The number of hydrogen-bond donors (Lipinski definition) is 2. The third kappa shape index (κ3) is 4.01. The van der Waals surface area contributed by atoms with Gasteiger partial charge in [0.15, 0.2) is 11.3 Å². The summed E-state index contributed by atoms with van der Waals surface area (Å²) >= 11 is 3.38. The fraction of sp³-hybridized carbons (Fsp3) is 0.211. The molecule has 0 radical (unpaired) electrons. The molecule has 2 aromatic carbocycles. The number of carbonyl (C=O) groups excluding carboxylic acids is 1. The molecule has 0 saturated heterocycles. The van der Waals surface area contributed by atoms with E-state index in [0.29, 0.717) is 35.7 Å². The quantitative estimate of drug-likeness (QED) is 0.378. The molecule has 32 heavy (non-hydrogen) atoms. The number of aromatic amines is 1. The Morgan fingerprint density at radius 1 is 1.19 bits per heavy atom. The van der Waals surface area contributed by atoms with Gasteiger partial charge in [-0.15, -0.1) is 10.2 Å². The summed E-state index contributed by atoms with van der Waals surface area (Å²) in [6, 6.07) is 9.47. The van der Waals surface area contributed by atoms with Crippen LogP contribution in [0, 0.1) is 0 Å². The SMILES string of the molecule is CCN(CC)S(=O)(=O)c1ccc2onc(C(=O)Nc3ccc(Br)cc3-c3nn[nH]n3)c2c1. The molecule has 0 aliphatic rings. The van der Waals surface area contributed by atoms with Gasteiger partial charge in [-0.3, -0.25) is 4.79 Å². The minimum absolute atomic E-state index is 0.0430. The predicted octanol–water partition coefficient (Wildman–Crippen LogP) is 3.05. The average Bonchev–Trinajstić information content (AvgIpc) is 3.45. The fourth-order valence-electron chi connectivity index (χ4n) is 3.22. The maximum atomic E-state index is 13.0. The molecule has 0 aliphatic heterocycles. The van der Waals surface area contributed by atoms with Gasteiger partial charge >= 0.3 is 0 Å². The highest BCUT2D eigenvalue weighted by molar-refractivity contribution is 9.10. The number of tetrazole rings is 1. The van der Waals surface area contributed by atoms with E-state index in [9.17, 15) is 13.2 Å². The van der Waals surface area contributed by atoms with Gasteiger partial charge in [0.05, 0.1) is 16.0 Å². The first-order valence-electron chi connectivity index (χ1n) is 9.59. The van der Waals surface area contributed by atoms with Crippen LogP contribution in [0.2, 0.25) is 0 Å². The molecule has 2 N–H and O–H groups in total. The second-order valence-corrected chi connectivity index (χ2v) is 9.51. The summed E-state index contributed by atoms with van der Waals surface area (Å²) in [6.07, 6.45) is 0. The van der Waals surface area contributed by atoms with E-state index in [2.05, 4.69) is 47.0 Å². The van der Waals surface area contributed by atoms with Crippen LogP contribution < -0.4 is 5.32 Å². The minimum Gasteiger partial charge on any atom is -0.355 e. The van der Waals surface area contributed by atoms with E-state index in [-0.39, 0.29) is 16.0 Å². The van der Waals surface area contributed by atoms with Gasteiger partial charge in [-0.1, -0.05) is 34.9 Å². The molecule has 0 unspecified atom stereocenters. The molecular weight excluding hydrogens is 502 g/mol. The Morgan fingerprint density at radius 2 is 1.97 bits per heavy atom. The van der Waals surface area contributed by atoms with Gasteiger partial charge in [-0.05, 0) is 41.6 Å². The summed E-state index contributed by atoms with van der Waals surface area (Å²) < 4.78 is 33.1. The molecule has 166 valence electrons. The molecule has 0 aliphatic carbocycles. The lowest BCUT2D eigenvalue weighted by molar-refractivity contribution is 0.102. The first-order valence-corrected chi connectivity index (χ1v) is 11.8. The second kappa shape index (κ2) is 8.76. The summed E-state index contributed by atoms with van der Waals surface area (Å²) in [7, 11) is -3.71. The van der Waals surface area contributed by atoms with Crippen molar-refractivity contribution in [3.63, 3.8) is 0 Å². The first kappa shape index (κ1) is 22.0. The van der Waals surface area contributed by atoms with Crippen molar-refractivity contribution in [1.82, 2.24) is 30.1 Å². The molecule has 4 aromatic rings. The zero-order valence-electron chi connectivity index (χ0n) is 17.0. The van der Waals surface area contributed by atoms with Gasteiger partial charge in [-0.2, -0.15) is 9.52 Å². The molecule has 4 rings (SSSR count). The van der Waals surface area contributed by atoms with Crippen LogP contribution in [-0.4, -0.2) is 57.5 Å². The number of H-pyrrole nitrogens is 1. The number of halogens is 1. The highest BCUT2D eigenvalue weighted by atomic mass is 79.9. The Balaban J connectivity index is 1.72. The Morgan fingerprint density at radius 3 is 2.66 bits per heavy atom. The monoisotopic (exact) mass is 519 g/mol. The van der Waals surface area contributed by atoms with Crippen molar-refractivity contribution in [1.29, 1.82) is 0 Å². The molecule has 0 atom stereocenters. The Labute approximate surface area is 191 Å². The number of fused-ring (bicyclic) bond motifs is 1. The molecule has 0 fully saturated rings. The molecule has 0 bridgehead atoms. The van der Waals surface area contributed by atoms with E-state index < -0.39 is 15.9 Å². The molecular formula is C19H18BrN7O4S. The lowest BCUT2D eigenvalue weighted by Gasteiger charge is -2.18. The van der Waals surface area contributed by atoms with E-state index in [1.807, 2.05) is 0 Å². The highest BCUT2D eigenvalue weighted by Gasteiger charge is 2.25. The van der Waals surface area contributed by atoms with Crippen LogP contribution in [0.15, 0.2) is 50.3 Å². The van der Waals surface area contributed by atoms with E-state index in [1.165, 1.54) is 22.5 Å². The molecule has 11 nitrogen and oxygen atoms in total. The number of rotatable bonds is 7. The van der Waals surface area contributed by atoms with Crippen LogP contribution in [0.3, 0.4) is 0 Å². The summed E-state index contributed by atoms with van der Waals surface area (Å²) in [5.74, 6) is -0.285. The van der Waals surface area contributed by atoms with E-state index >= 15 is 0 Å². The topological polar surface area (TPSA) is 147 Å². The number of carbonyl (C=O) groups is 1. The Bertz CT molecular complexity index is 1380. The second-order valence-electron chi connectivity index (χ2n) is 6.66. The standard InChI is InChI=1S/C19H18BrN7O4S/c1-3-27(4-2)32(29,30)12-6-8-16-14(10-12)17(24-31-16)19(28)21-15-7-5-11(20)9-13(15)18-22-25-26-23-18/h5-10H,3-4H2,1-2H3,(H,21,28)(H,22,23,25,26). The number of amides is 1. The number of sulfonamides is 1. The van der Waals surface area contributed by atoms with Crippen LogP contribution in [-0.2, 0) is 10.0 Å².